The third kappa shape index (κ3) is 3.74. The second kappa shape index (κ2) is 7.87. The fraction of sp³-hybridized carbons (Fsp3) is 0.409. The summed E-state index contributed by atoms with van der Waals surface area (Å²) in [5.41, 5.74) is 3.43. The van der Waals surface area contributed by atoms with Crippen molar-refractivity contribution in [3.63, 3.8) is 0 Å². The molecule has 146 valence electrons. The third-order valence-electron chi connectivity index (χ3n) is 5.61. The van der Waals surface area contributed by atoms with Gasteiger partial charge < -0.3 is 10.2 Å². The van der Waals surface area contributed by atoms with Crippen LogP contribution in [0.15, 0.2) is 29.6 Å². The summed E-state index contributed by atoms with van der Waals surface area (Å²) in [6.45, 7) is 8.46. The number of aryl methyl sites for hydroxylation is 3. The van der Waals surface area contributed by atoms with Crippen molar-refractivity contribution in [1.82, 2.24) is 15.3 Å². The highest BCUT2D eigenvalue weighted by Crippen LogP contribution is 2.33. The SMILES string of the molecule is Cc1nc(N2CCC(C(=O)NCc3ccccc3C)CC2)c2c(C)scc2n1. The molecule has 0 saturated carbocycles. The van der Waals surface area contributed by atoms with Crippen LogP contribution in [0, 0.1) is 26.7 Å². The van der Waals surface area contributed by atoms with E-state index < -0.39 is 0 Å². The van der Waals surface area contributed by atoms with Crippen molar-refractivity contribution in [2.75, 3.05) is 18.0 Å². The number of hydrogen-bond acceptors (Lipinski definition) is 5. The zero-order valence-corrected chi connectivity index (χ0v) is 17.5. The smallest absolute Gasteiger partial charge is 0.223 e. The number of nitrogens with zero attached hydrogens (tertiary/aromatic N) is 3. The molecular formula is C22H26N4OS. The second-order valence-electron chi connectivity index (χ2n) is 7.55. The fourth-order valence-electron chi connectivity index (χ4n) is 3.92. The largest absolute Gasteiger partial charge is 0.356 e. The first-order chi connectivity index (χ1) is 13.5. The van der Waals surface area contributed by atoms with E-state index in [0.717, 1.165) is 48.5 Å². The number of amides is 1. The summed E-state index contributed by atoms with van der Waals surface area (Å²) in [7, 11) is 0. The molecule has 1 amide bonds. The Kier molecular flexibility index (Phi) is 5.31. The number of rotatable bonds is 4. The lowest BCUT2D eigenvalue weighted by atomic mass is 9.95. The summed E-state index contributed by atoms with van der Waals surface area (Å²) >= 11 is 1.72. The molecule has 3 heterocycles. The number of aromatic nitrogens is 2. The summed E-state index contributed by atoms with van der Waals surface area (Å²) in [5.74, 6) is 2.07. The van der Waals surface area contributed by atoms with Gasteiger partial charge in [0.15, 0.2) is 0 Å². The monoisotopic (exact) mass is 394 g/mol. The van der Waals surface area contributed by atoms with Crippen molar-refractivity contribution in [2.24, 2.45) is 5.92 Å². The molecule has 1 saturated heterocycles. The second-order valence-corrected chi connectivity index (χ2v) is 8.64. The molecular weight excluding hydrogens is 368 g/mol. The van der Waals surface area contributed by atoms with E-state index in [2.05, 4.69) is 46.6 Å². The predicted molar refractivity (Wildman–Crippen MR) is 115 cm³/mol. The maximum absolute atomic E-state index is 12.7. The van der Waals surface area contributed by atoms with Crippen molar-refractivity contribution in [3.05, 3.63) is 51.5 Å². The molecule has 3 aromatic rings. The van der Waals surface area contributed by atoms with Gasteiger partial charge in [0.05, 0.1) is 10.9 Å². The molecule has 0 aliphatic carbocycles. The average molecular weight is 395 g/mol. The Morgan fingerprint density at radius 1 is 1.18 bits per heavy atom. The summed E-state index contributed by atoms with van der Waals surface area (Å²) < 4.78 is 0. The first-order valence-corrected chi connectivity index (χ1v) is 10.7. The minimum atomic E-state index is 0.0715. The zero-order chi connectivity index (χ0) is 19.7. The van der Waals surface area contributed by atoms with Gasteiger partial charge in [0.25, 0.3) is 0 Å². The van der Waals surface area contributed by atoms with Gasteiger partial charge in [-0.2, -0.15) is 0 Å². The number of benzene rings is 1. The lowest BCUT2D eigenvalue weighted by Gasteiger charge is -2.32. The van der Waals surface area contributed by atoms with E-state index in [0.29, 0.717) is 6.54 Å². The molecule has 6 heteroatoms. The van der Waals surface area contributed by atoms with Gasteiger partial charge in [-0.3, -0.25) is 4.79 Å². The first-order valence-electron chi connectivity index (χ1n) is 9.82. The van der Waals surface area contributed by atoms with Gasteiger partial charge in [0.2, 0.25) is 5.91 Å². The Hall–Kier alpha value is -2.47. The molecule has 0 radical (unpaired) electrons. The standard InChI is InChI=1S/C22H26N4OS/c1-14-6-4-5-7-18(14)12-23-22(27)17-8-10-26(11-9-17)21-20-15(2)28-13-19(20)24-16(3)25-21/h4-7,13,17H,8-12H2,1-3H3,(H,23,27). The summed E-state index contributed by atoms with van der Waals surface area (Å²) in [6.07, 6.45) is 1.71. The Labute approximate surface area is 169 Å². The minimum absolute atomic E-state index is 0.0715. The number of piperidine rings is 1. The van der Waals surface area contributed by atoms with Crippen LogP contribution >= 0.6 is 11.3 Å². The Morgan fingerprint density at radius 3 is 2.68 bits per heavy atom. The fourth-order valence-corrected chi connectivity index (χ4v) is 4.70. The molecule has 5 nitrogen and oxygen atoms in total. The van der Waals surface area contributed by atoms with Crippen LogP contribution < -0.4 is 10.2 Å². The number of fused-ring (bicyclic) bond motifs is 1. The minimum Gasteiger partial charge on any atom is -0.356 e. The topological polar surface area (TPSA) is 58.1 Å². The number of nitrogens with one attached hydrogen (secondary N) is 1. The number of hydrogen-bond donors (Lipinski definition) is 1. The van der Waals surface area contributed by atoms with Crippen LogP contribution in [0.1, 0.15) is 34.7 Å². The number of thiophene rings is 1. The summed E-state index contributed by atoms with van der Waals surface area (Å²) in [5, 5.41) is 6.40. The molecule has 1 aliphatic rings. The number of anilines is 1. The Morgan fingerprint density at radius 2 is 1.93 bits per heavy atom. The van der Waals surface area contributed by atoms with Gasteiger partial charge in [-0.25, -0.2) is 9.97 Å². The highest BCUT2D eigenvalue weighted by Gasteiger charge is 2.27. The van der Waals surface area contributed by atoms with Gasteiger partial charge in [0, 0.05) is 35.8 Å². The van der Waals surface area contributed by atoms with Crippen LogP contribution in [0.3, 0.4) is 0 Å². The van der Waals surface area contributed by atoms with Gasteiger partial charge >= 0.3 is 0 Å². The highest BCUT2D eigenvalue weighted by molar-refractivity contribution is 7.11. The van der Waals surface area contributed by atoms with E-state index in [9.17, 15) is 4.79 Å². The van der Waals surface area contributed by atoms with E-state index in [1.807, 2.05) is 19.1 Å². The van der Waals surface area contributed by atoms with Gasteiger partial charge in [-0.1, -0.05) is 24.3 Å². The summed E-state index contributed by atoms with van der Waals surface area (Å²) in [6, 6.07) is 8.20. The molecule has 4 rings (SSSR count). The zero-order valence-electron chi connectivity index (χ0n) is 16.7. The van der Waals surface area contributed by atoms with Crippen LogP contribution in [-0.4, -0.2) is 29.0 Å². The van der Waals surface area contributed by atoms with Crippen LogP contribution in [0.4, 0.5) is 5.82 Å². The Bertz CT molecular complexity index is 1000. The average Bonchev–Trinajstić information content (AvgIpc) is 3.07. The highest BCUT2D eigenvalue weighted by atomic mass is 32.1. The molecule has 1 fully saturated rings. The molecule has 0 unspecified atom stereocenters. The summed E-state index contributed by atoms with van der Waals surface area (Å²) in [4.78, 5) is 25.5. The van der Waals surface area contributed by atoms with Crippen molar-refractivity contribution in [2.45, 2.75) is 40.2 Å². The van der Waals surface area contributed by atoms with E-state index in [-0.39, 0.29) is 11.8 Å². The lowest BCUT2D eigenvalue weighted by Crippen LogP contribution is -2.40. The van der Waals surface area contributed by atoms with E-state index in [4.69, 9.17) is 4.98 Å². The number of carbonyl (C=O) groups is 1. The number of carbonyl (C=O) groups excluding carboxylic acids is 1. The third-order valence-corrected chi connectivity index (χ3v) is 6.51. The van der Waals surface area contributed by atoms with E-state index >= 15 is 0 Å². The van der Waals surface area contributed by atoms with Crippen LogP contribution in [0.5, 0.6) is 0 Å². The maximum atomic E-state index is 12.7. The quantitative estimate of drug-likeness (QED) is 0.722. The Balaban J connectivity index is 1.40. The molecule has 1 aromatic carbocycles. The molecule has 1 N–H and O–H groups in total. The first kappa shape index (κ1) is 18.9. The molecule has 1 aliphatic heterocycles. The van der Waals surface area contributed by atoms with Gasteiger partial charge in [-0.15, -0.1) is 11.3 Å². The van der Waals surface area contributed by atoms with Gasteiger partial charge in [-0.05, 0) is 44.7 Å². The molecule has 28 heavy (non-hydrogen) atoms. The molecule has 2 aromatic heterocycles. The van der Waals surface area contributed by atoms with Gasteiger partial charge in [0.1, 0.15) is 11.6 Å². The molecule has 0 atom stereocenters. The van der Waals surface area contributed by atoms with E-state index in [1.165, 1.54) is 16.0 Å². The van der Waals surface area contributed by atoms with Crippen molar-refractivity contribution >= 4 is 34.0 Å². The van der Waals surface area contributed by atoms with Crippen molar-refractivity contribution in [1.29, 1.82) is 0 Å². The van der Waals surface area contributed by atoms with Crippen molar-refractivity contribution in [3.8, 4) is 0 Å². The van der Waals surface area contributed by atoms with E-state index in [1.54, 1.807) is 11.3 Å². The molecule has 0 spiro atoms. The van der Waals surface area contributed by atoms with Crippen LogP contribution in [0.25, 0.3) is 10.9 Å². The molecule has 0 bridgehead atoms. The lowest BCUT2D eigenvalue weighted by molar-refractivity contribution is -0.125. The normalized spacial score (nSPS) is 15.2. The van der Waals surface area contributed by atoms with Crippen LogP contribution in [-0.2, 0) is 11.3 Å². The van der Waals surface area contributed by atoms with Crippen molar-refractivity contribution < 1.29 is 4.79 Å². The predicted octanol–water partition coefficient (Wildman–Crippen LogP) is 4.15. The van der Waals surface area contributed by atoms with Crippen LogP contribution in [0.2, 0.25) is 0 Å². The maximum Gasteiger partial charge on any atom is 0.223 e.